The number of carbonyl (C=O) groups excluding carboxylic acids is 1. The second-order valence-corrected chi connectivity index (χ2v) is 8.02. The number of nitrogens with one attached hydrogen (secondary N) is 2. The lowest BCUT2D eigenvalue weighted by Crippen LogP contribution is -2.39. The van der Waals surface area contributed by atoms with Crippen LogP contribution in [-0.2, 0) is 0 Å². The van der Waals surface area contributed by atoms with Crippen molar-refractivity contribution in [1.82, 2.24) is 15.3 Å². The van der Waals surface area contributed by atoms with Crippen molar-refractivity contribution in [3.63, 3.8) is 0 Å². The normalized spacial score (nSPS) is 21.4. The average Bonchev–Trinajstić information content (AvgIpc) is 2.64. The van der Waals surface area contributed by atoms with Crippen LogP contribution in [0.25, 0.3) is 0 Å². The van der Waals surface area contributed by atoms with Crippen LogP contribution < -0.4 is 16.4 Å². The fraction of sp³-hybridized carbons (Fsp3) is 0.368. The predicted octanol–water partition coefficient (Wildman–Crippen LogP) is 3.75. The van der Waals surface area contributed by atoms with Gasteiger partial charge in [0.2, 0.25) is 0 Å². The zero-order chi connectivity index (χ0) is 21.1. The Morgan fingerprint density at radius 1 is 1.34 bits per heavy atom. The molecule has 154 valence electrons. The van der Waals surface area contributed by atoms with Crippen molar-refractivity contribution in [3.05, 3.63) is 46.2 Å². The second-order valence-electron chi connectivity index (χ2n) is 7.27. The minimum atomic E-state index is -1.05. The molecule has 0 unspecified atom stereocenters. The number of halogens is 2. The Kier molecular flexibility index (Phi) is 6.31. The number of carboxylic acid groups (broad SMARTS) is 1. The first-order valence-corrected chi connectivity index (χ1v) is 9.90. The van der Waals surface area contributed by atoms with Crippen molar-refractivity contribution in [2.45, 2.75) is 38.1 Å². The highest BCUT2D eigenvalue weighted by Gasteiger charge is 2.30. The molecule has 2 amide bonds. The molecule has 3 rings (SSSR count). The molecule has 2 heterocycles. The Morgan fingerprint density at radius 3 is 2.83 bits per heavy atom. The molecule has 0 aromatic carbocycles. The molecule has 1 fully saturated rings. The third kappa shape index (κ3) is 5.00. The van der Waals surface area contributed by atoms with Gasteiger partial charge in [-0.05, 0) is 58.7 Å². The molecular formula is C19H21BrFN5O3. The van der Waals surface area contributed by atoms with Crippen molar-refractivity contribution >= 4 is 39.3 Å². The lowest BCUT2D eigenvalue weighted by molar-refractivity contribution is 0.102. The third-order valence-corrected chi connectivity index (χ3v) is 5.55. The van der Waals surface area contributed by atoms with Gasteiger partial charge in [-0.2, -0.15) is 0 Å². The van der Waals surface area contributed by atoms with Crippen molar-refractivity contribution in [2.24, 2.45) is 5.92 Å². The van der Waals surface area contributed by atoms with Crippen LogP contribution in [0.1, 0.15) is 48.2 Å². The fourth-order valence-electron chi connectivity index (χ4n) is 3.86. The van der Waals surface area contributed by atoms with Crippen LogP contribution in [0.5, 0.6) is 0 Å². The van der Waals surface area contributed by atoms with E-state index < -0.39 is 17.8 Å². The summed E-state index contributed by atoms with van der Waals surface area (Å²) in [6.07, 6.45) is 4.35. The number of nitrogen functional groups attached to an aromatic ring is 1. The first-order valence-electron chi connectivity index (χ1n) is 9.10. The van der Waals surface area contributed by atoms with Crippen LogP contribution in [-0.4, -0.2) is 33.1 Å². The number of carbonyl (C=O) groups is 2. The molecule has 8 nitrogen and oxygen atoms in total. The van der Waals surface area contributed by atoms with Gasteiger partial charge in [0, 0.05) is 18.3 Å². The van der Waals surface area contributed by atoms with E-state index in [0.29, 0.717) is 18.0 Å². The number of amides is 2. The summed E-state index contributed by atoms with van der Waals surface area (Å²) < 4.78 is 13.4. The predicted molar refractivity (Wildman–Crippen MR) is 109 cm³/mol. The highest BCUT2D eigenvalue weighted by molar-refractivity contribution is 9.10. The lowest BCUT2D eigenvalue weighted by Gasteiger charge is -2.34. The Morgan fingerprint density at radius 2 is 2.10 bits per heavy atom. The summed E-state index contributed by atoms with van der Waals surface area (Å²) in [5.74, 6) is -0.886. The van der Waals surface area contributed by atoms with Crippen molar-refractivity contribution in [1.29, 1.82) is 0 Å². The average molecular weight is 466 g/mol. The molecule has 29 heavy (non-hydrogen) atoms. The quantitative estimate of drug-likeness (QED) is 0.508. The molecule has 0 saturated heterocycles. The van der Waals surface area contributed by atoms with E-state index in [0.717, 1.165) is 24.5 Å². The van der Waals surface area contributed by atoms with Crippen molar-refractivity contribution in [3.8, 4) is 0 Å². The van der Waals surface area contributed by atoms with Gasteiger partial charge in [0.15, 0.2) is 11.5 Å². The van der Waals surface area contributed by atoms with E-state index in [-0.39, 0.29) is 27.9 Å². The number of hydrogen-bond acceptors (Lipinski definition) is 5. The van der Waals surface area contributed by atoms with E-state index in [9.17, 15) is 14.0 Å². The molecule has 0 radical (unpaired) electrons. The van der Waals surface area contributed by atoms with E-state index in [1.807, 2.05) is 6.07 Å². The maximum Gasteiger partial charge on any atom is 0.404 e. The van der Waals surface area contributed by atoms with Crippen molar-refractivity contribution < 1.29 is 19.1 Å². The van der Waals surface area contributed by atoms with E-state index >= 15 is 0 Å². The number of nitrogens with two attached hydrogens (primary N) is 1. The number of rotatable bonds is 4. The second kappa shape index (κ2) is 8.73. The third-order valence-electron chi connectivity index (χ3n) is 4.99. The Bertz CT molecular complexity index is 942. The number of hydrogen-bond donors (Lipinski definition) is 4. The van der Waals surface area contributed by atoms with Gasteiger partial charge in [-0.3, -0.25) is 9.78 Å². The summed E-state index contributed by atoms with van der Waals surface area (Å²) in [4.78, 5) is 31.7. The molecule has 0 aliphatic heterocycles. The molecular weight excluding hydrogens is 445 g/mol. The highest BCUT2D eigenvalue weighted by atomic mass is 79.9. The smallest absolute Gasteiger partial charge is 0.404 e. The Labute approximate surface area is 175 Å². The van der Waals surface area contributed by atoms with Gasteiger partial charge in [0.25, 0.3) is 5.91 Å². The fourth-order valence-corrected chi connectivity index (χ4v) is 4.15. The molecule has 2 aromatic heterocycles. The van der Waals surface area contributed by atoms with Crippen LogP contribution in [0.15, 0.2) is 29.1 Å². The van der Waals surface area contributed by atoms with Gasteiger partial charge in [-0.25, -0.2) is 14.2 Å². The van der Waals surface area contributed by atoms with E-state index in [2.05, 4.69) is 43.5 Å². The maximum atomic E-state index is 13.5. The van der Waals surface area contributed by atoms with Gasteiger partial charge in [-0.1, -0.05) is 6.92 Å². The van der Waals surface area contributed by atoms with Crippen LogP contribution >= 0.6 is 15.9 Å². The Hall–Kier alpha value is -2.75. The molecule has 0 bridgehead atoms. The molecule has 1 saturated carbocycles. The molecule has 5 N–H and O–H groups in total. The largest absolute Gasteiger partial charge is 0.465 e. The van der Waals surface area contributed by atoms with Crippen LogP contribution in [0.3, 0.4) is 0 Å². The van der Waals surface area contributed by atoms with Crippen LogP contribution in [0, 0.1) is 11.7 Å². The minimum Gasteiger partial charge on any atom is -0.465 e. The minimum absolute atomic E-state index is 0.0409. The standard InChI is InChI=1S/C19H21BrFN5O3/c1-9-4-10(6-11(5-9)24-19(28)29)12-2-3-23-8-15(12)25-18(27)16-14(22)7-13(21)17(20)26-16/h2-3,7-11,24H,4-6,22H2,1H3,(H,25,27)(H,28,29)/t9-,10+,11-/m0/s1. The maximum absolute atomic E-state index is 13.5. The summed E-state index contributed by atoms with van der Waals surface area (Å²) in [6.45, 7) is 2.07. The van der Waals surface area contributed by atoms with Gasteiger partial charge < -0.3 is 21.5 Å². The molecule has 3 atom stereocenters. The summed E-state index contributed by atoms with van der Waals surface area (Å²) >= 11 is 2.95. The summed E-state index contributed by atoms with van der Waals surface area (Å²) in [5, 5.41) is 14.4. The number of pyridine rings is 2. The molecule has 1 aliphatic carbocycles. The first-order chi connectivity index (χ1) is 13.7. The van der Waals surface area contributed by atoms with E-state index in [1.54, 1.807) is 6.20 Å². The number of anilines is 2. The van der Waals surface area contributed by atoms with Crippen LogP contribution in [0.4, 0.5) is 20.6 Å². The molecule has 0 spiro atoms. The van der Waals surface area contributed by atoms with Gasteiger partial charge in [0.1, 0.15) is 4.60 Å². The topological polar surface area (TPSA) is 130 Å². The van der Waals surface area contributed by atoms with Gasteiger partial charge >= 0.3 is 6.09 Å². The molecule has 2 aromatic rings. The molecule has 10 heteroatoms. The summed E-state index contributed by atoms with van der Waals surface area (Å²) in [7, 11) is 0. The number of aromatic nitrogens is 2. The first kappa shape index (κ1) is 21.0. The van der Waals surface area contributed by atoms with Gasteiger partial charge in [0.05, 0.1) is 17.6 Å². The Balaban J connectivity index is 1.84. The van der Waals surface area contributed by atoms with Gasteiger partial charge in [-0.15, -0.1) is 0 Å². The monoisotopic (exact) mass is 465 g/mol. The summed E-state index contributed by atoms with van der Waals surface area (Å²) in [6, 6.07) is 2.68. The zero-order valence-electron chi connectivity index (χ0n) is 15.7. The highest BCUT2D eigenvalue weighted by Crippen LogP contribution is 2.39. The van der Waals surface area contributed by atoms with Crippen molar-refractivity contribution in [2.75, 3.05) is 11.1 Å². The van der Waals surface area contributed by atoms with E-state index in [1.165, 1.54) is 6.20 Å². The number of nitrogens with zero attached hydrogens (tertiary/aromatic N) is 2. The summed E-state index contributed by atoms with van der Waals surface area (Å²) in [5.41, 5.74) is 6.92. The molecule has 1 aliphatic rings. The van der Waals surface area contributed by atoms with Crippen LogP contribution in [0.2, 0.25) is 0 Å². The zero-order valence-corrected chi connectivity index (χ0v) is 17.2. The SMILES string of the molecule is C[C@@H]1C[C@H](NC(=O)O)C[C@H](c2ccncc2NC(=O)c2nc(Br)c(F)cc2N)C1. The van der Waals surface area contributed by atoms with E-state index in [4.69, 9.17) is 10.8 Å². The lowest BCUT2D eigenvalue weighted by atomic mass is 9.76.